The maximum Gasteiger partial charge on any atom is 0.234 e. The number of carbonyl (C=O) groups is 2. The molecule has 1 heterocycles. The topological polar surface area (TPSA) is 52.7 Å². The smallest absolute Gasteiger partial charge is 0.234 e. The highest BCUT2D eigenvalue weighted by Gasteiger charge is 2.22. The summed E-state index contributed by atoms with van der Waals surface area (Å²) in [5.41, 5.74) is 3.77. The van der Waals surface area contributed by atoms with Crippen molar-refractivity contribution in [2.24, 2.45) is 0 Å². The summed E-state index contributed by atoms with van der Waals surface area (Å²) in [6, 6.07) is 6.40. The average Bonchev–Trinajstić information content (AvgIpc) is 2.59. The predicted octanol–water partition coefficient (Wildman–Crippen LogP) is 1.91. The molecular formula is C20H31N3O2. The molecule has 0 saturated carbocycles. The summed E-state index contributed by atoms with van der Waals surface area (Å²) in [6.45, 7) is 10.4. The second-order valence-electron chi connectivity index (χ2n) is 6.94. The van der Waals surface area contributed by atoms with Crippen molar-refractivity contribution in [1.29, 1.82) is 0 Å². The van der Waals surface area contributed by atoms with E-state index in [0.29, 0.717) is 26.1 Å². The minimum Gasteiger partial charge on any atom is -0.355 e. The van der Waals surface area contributed by atoms with Crippen molar-refractivity contribution in [2.45, 2.75) is 40.0 Å². The lowest BCUT2D eigenvalue weighted by atomic mass is 10.0. The second-order valence-corrected chi connectivity index (χ2v) is 6.94. The number of benzene rings is 1. The molecule has 0 aromatic heterocycles. The number of amides is 2. The minimum atomic E-state index is 0.0801. The number of nitrogens with zero attached hydrogens (tertiary/aromatic N) is 2. The Morgan fingerprint density at radius 3 is 2.48 bits per heavy atom. The van der Waals surface area contributed by atoms with Gasteiger partial charge in [-0.05, 0) is 37.8 Å². The third kappa shape index (κ3) is 6.16. The van der Waals surface area contributed by atoms with Gasteiger partial charge in [0.25, 0.3) is 0 Å². The Kier molecular flexibility index (Phi) is 7.44. The average molecular weight is 345 g/mol. The predicted molar refractivity (Wildman–Crippen MR) is 101 cm³/mol. The summed E-state index contributed by atoms with van der Waals surface area (Å²) in [5.74, 6) is 0.298. The van der Waals surface area contributed by atoms with Crippen LogP contribution in [-0.2, 0) is 16.0 Å². The van der Waals surface area contributed by atoms with Gasteiger partial charge in [0.05, 0.1) is 6.54 Å². The summed E-state index contributed by atoms with van der Waals surface area (Å²) in [4.78, 5) is 28.3. The molecule has 1 saturated heterocycles. The van der Waals surface area contributed by atoms with Gasteiger partial charge in [0.2, 0.25) is 11.8 Å². The first-order valence-corrected chi connectivity index (χ1v) is 9.32. The zero-order valence-electron chi connectivity index (χ0n) is 15.8. The minimum absolute atomic E-state index is 0.0801. The SMILES string of the molecule is CCCNC(=O)CN1CCN(C(=O)CCc2ccc(C)cc2C)CC1. The van der Waals surface area contributed by atoms with Gasteiger partial charge in [0, 0.05) is 39.1 Å². The van der Waals surface area contributed by atoms with E-state index in [1.807, 2.05) is 11.8 Å². The summed E-state index contributed by atoms with van der Waals surface area (Å²) in [7, 11) is 0. The number of rotatable bonds is 7. The Morgan fingerprint density at radius 2 is 1.84 bits per heavy atom. The van der Waals surface area contributed by atoms with E-state index in [0.717, 1.165) is 32.5 Å². The van der Waals surface area contributed by atoms with Crippen LogP contribution < -0.4 is 5.32 Å². The van der Waals surface area contributed by atoms with Crippen molar-refractivity contribution in [1.82, 2.24) is 15.1 Å². The van der Waals surface area contributed by atoms with Gasteiger partial charge in [-0.25, -0.2) is 0 Å². The lowest BCUT2D eigenvalue weighted by Crippen LogP contribution is -2.51. The van der Waals surface area contributed by atoms with Crippen LogP contribution in [0.2, 0.25) is 0 Å². The number of aryl methyl sites for hydroxylation is 3. The molecule has 2 rings (SSSR count). The Labute approximate surface area is 151 Å². The maximum absolute atomic E-state index is 12.4. The van der Waals surface area contributed by atoms with Crippen LogP contribution in [-0.4, -0.2) is 60.9 Å². The molecule has 1 aliphatic rings. The molecule has 1 fully saturated rings. The van der Waals surface area contributed by atoms with E-state index in [1.165, 1.54) is 16.7 Å². The van der Waals surface area contributed by atoms with E-state index >= 15 is 0 Å². The lowest BCUT2D eigenvalue weighted by molar-refractivity contribution is -0.133. The first-order chi connectivity index (χ1) is 12.0. The van der Waals surface area contributed by atoms with Gasteiger partial charge >= 0.3 is 0 Å². The van der Waals surface area contributed by atoms with Crippen LogP contribution in [0.1, 0.15) is 36.5 Å². The molecule has 0 aliphatic carbocycles. The fraction of sp³-hybridized carbons (Fsp3) is 0.600. The highest BCUT2D eigenvalue weighted by atomic mass is 16.2. The van der Waals surface area contributed by atoms with Crippen LogP contribution in [0.25, 0.3) is 0 Å². The Hall–Kier alpha value is -1.88. The van der Waals surface area contributed by atoms with Gasteiger partial charge in [-0.2, -0.15) is 0 Å². The van der Waals surface area contributed by atoms with Crippen LogP contribution in [0.3, 0.4) is 0 Å². The summed E-state index contributed by atoms with van der Waals surface area (Å²) >= 11 is 0. The number of carbonyl (C=O) groups excluding carboxylic acids is 2. The molecule has 25 heavy (non-hydrogen) atoms. The largest absolute Gasteiger partial charge is 0.355 e. The van der Waals surface area contributed by atoms with Gasteiger partial charge in [-0.15, -0.1) is 0 Å². The van der Waals surface area contributed by atoms with Crippen molar-refractivity contribution in [2.75, 3.05) is 39.3 Å². The van der Waals surface area contributed by atoms with Crippen LogP contribution in [0.15, 0.2) is 18.2 Å². The Morgan fingerprint density at radius 1 is 1.12 bits per heavy atom. The molecule has 0 unspecified atom stereocenters. The van der Waals surface area contributed by atoms with E-state index in [9.17, 15) is 9.59 Å². The molecule has 2 amide bonds. The monoisotopic (exact) mass is 345 g/mol. The number of piperazine rings is 1. The zero-order chi connectivity index (χ0) is 18.2. The third-order valence-electron chi connectivity index (χ3n) is 4.77. The van der Waals surface area contributed by atoms with E-state index < -0.39 is 0 Å². The summed E-state index contributed by atoms with van der Waals surface area (Å²) in [6.07, 6.45) is 2.31. The van der Waals surface area contributed by atoms with Gasteiger partial charge in [-0.1, -0.05) is 30.7 Å². The molecule has 0 atom stereocenters. The van der Waals surface area contributed by atoms with Gasteiger partial charge in [0.15, 0.2) is 0 Å². The Bertz CT molecular complexity index is 593. The molecule has 138 valence electrons. The molecule has 0 bridgehead atoms. The van der Waals surface area contributed by atoms with E-state index in [-0.39, 0.29) is 11.8 Å². The standard InChI is InChI=1S/C20H31N3O2/c1-4-9-21-19(24)15-22-10-12-23(13-11-22)20(25)8-7-18-6-5-16(2)14-17(18)3/h5-6,14H,4,7-13,15H2,1-3H3,(H,21,24). The number of hydrogen-bond donors (Lipinski definition) is 1. The van der Waals surface area contributed by atoms with Gasteiger partial charge < -0.3 is 10.2 Å². The molecule has 1 aromatic rings. The molecule has 5 nitrogen and oxygen atoms in total. The summed E-state index contributed by atoms with van der Waals surface area (Å²) in [5, 5.41) is 2.90. The van der Waals surface area contributed by atoms with E-state index in [2.05, 4.69) is 42.3 Å². The normalized spacial score (nSPS) is 15.2. The van der Waals surface area contributed by atoms with E-state index in [1.54, 1.807) is 0 Å². The molecule has 1 N–H and O–H groups in total. The van der Waals surface area contributed by atoms with Gasteiger partial charge in [0.1, 0.15) is 0 Å². The number of hydrogen-bond acceptors (Lipinski definition) is 3. The first kappa shape index (κ1) is 19.4. The van der Waals surface area contributed by atoms with Crippen LogP contribution in [0.5, 0.6) is 0 Å². The highest BCUT2D eigenvalue weighted by Crippen LogP contribution is 2.14. The van der Waals surface area contributed by atoms with Crippen LogP contribution >= 0.6 is 0 Å². The Balaban J connectivity index is 1.73. The van der Waals surface area contributed by atoms with Crippen molar-refractivity contribution in [3.05, 3.63) is 34.9 Å². The quantitative estimate of drug-likeness (QED) is 0.821. The number of nitrogens with one attached hydrogen (secondary N) is 1. The van der Waals surface area contributed by atoms with Crippen LogP contribution in [0.4, 0.5) is 0 Å². The second kappa shape index (κ2) is 9.56. The fourth-order valence-electron chi connectivity index (χ4n) is 3.20. The van der Waals surface area contributed by atoms with Crippen LogP contribution in [0, 0.1) is 13.8 Å². The third-order valence-corrected chi connectivity index (χ3v) is 4.77. The highest BCUT2D eigenvalue weighted by molar-refractivity contribution is 5.78. The molecular weight excluding hydrogens is 314 g/mol. The van der Waals surface area contributed by atoms with E-state index in [4.69, 9.17) is 0 Å². The molecule has 0 radical (unpaired) electrons. The van der Waals surface area contributed by atoms with Gasteiger partial charge in [-0.3, -0.25) is 14.5 Å². The van der Waals surface area contributed by atoms with Crippen molar-refractivity contribution < 1.29 is 9.59 Å². The van der Waals surface area contributed by atoms with Crippen molar-refractivity contribution in [3.63, 3.8) is 0 Å². The fourth-order valence-corrected chi connectivity index (χ4v) is 3.20. The molecule has 1 aliphatic heterocycles. The maximum atomic E-state index is 12.4. The first-order valence-electron chi connectivity index (χ1n) is 9.32. The van der Waals surface area contributed by atoms with Crippen molar-refractivity contribution in [3.8, 4) is 0 Å². The molecule has 1 aromatic carbocycles. The van der Waals surface area contributed by atoms with Crippen molar-refractivity contribution >= 4 is 11.8 Å². The molecule has 0 spiro atoms. The lowest BCUT2D eigenvalue weighted by Gasteiger charge is -2.34. The molecule has 5 heteroatoms. The zero-order valence-corrected chi connectivity index (χ0v) is 15.8. The summed E-state index contributed by atoms with van der Waals surface area (Å²) < 4.78 is 0.